The summed E-state index contributed by atoms with van der Waals surface area (Å²) >= 11 is 0. The number of nitrogens with zero attached hydrogens (tertiary/aromatic N) is 3. The SMILES string of the molecule is COc1ccc2c(O[C@@H]3C[C@H]4C(=O)N[C@]5(C(=O)NS(=O)(=O)C6CC6)C[C@H]5/C=C\CC[C@H](C)C[C@@H](C)[C@H](NNC(=O)OC(C)(C)C(C)(F)F)C(=O)N4C3)nc(-c3ccc(OC(C)C)cn3)cc2c1. The molecule has 2 aliphatic carbocycles. The van der Waals surface area contributed by atoms with E-state index in [0.717, 1.165) is 13.8 Å². The molecule has 0 radical (unpaired) electrons. The molecule has 7 atom stereocenters. The average Bonchev–Trinajstić information content (AvgIpc) is 4.18. The van der Waals surface area contributed by atoms with Crippen molar-refractivity contribution in [1.29, 1.82) is 0 Å². The van der Waals surface area contributed by atoms with Crippen molar-refractivity contribution >= 4 is 44.6 Å². The first kappa shape index (κ1) is 49.3. The maximum absolute atomic E-state index is 15.1. The van der Waals surface area contributed by atoms with Crippen LogP contribution in [-0.4, -0.2) is 107 Å². The Morgan fingerprint density at radius 2 is 1.73 bits per heavy atom. The van der Waals surface area contributed by atoms with Crippen LogP contribution in [0.2, 0.25) is 0 Å². The van der Waals surface area contributed by atoms with Crippen LogP contribution < -0.4 is 35.1 Å². The Balaban J connectivity index is 1.24. The molecule has 2 aliphatic heterocycles. The number of sulfonamides is 1. The highest BCUT2D eigenvalue weighted by atomic mass is 32.2. The van der Waals surface area contributed by atoms with Crippen LogP contribution in [0.25, 0.3) is 22.2 Å². The molecule has 364 valence electrons. The van der Waals surface area contributed by atoms with E-state index in [1.807, 2.05) is 45.1 Å². The van der Waals surface area contributed by atoms with Crippen molar-refractivity contribution in [2.24, 2.45) is 17.8 Å². The molecule has 4 heterocycles. The molecule has 4 aliphatic rings. The molecular formula is C47H61F2N7O10S. The van der Waals surface area contributed by atoms with Crippen molar-refractivity contribution in [1.82, 2.24) is 35.8 Å². The number of halogens is 2. The molecule has 2 aromatic heterocycles. The van der Waals surface area contributed by atoms with Crippen LogP contribution in [0.5, 0.6) is 17.4 Å². The van der Waals surface area contributed by atoms with Gasteiger partial charge in [0.25, 0.3) is 11.8 Å². The standard InChI is InChI=1S/C47H61F2N7O10S/c1-26(2)64-32-14-18-36(50-24-32)37-21-29-20-31(63-8)13-17-35(29)41(51-37)65-33-22-38-40(57)52-47(43(59)55-67(61,62)34-15-16-34)23-30(47)12-10-9-11-27(3)19-28(4)39(42(58)56(38)25-33)53-54-44(60)66-45(5,6)46(7,48)49/h10,12-14,17-18,20-21,24,26-28,30,33-34,38-39,53H,9,11,15-16,19,22-23,25H2,1-8H3,(H,52,57)(H,54,60)(H,55,59)/b12-10-/t27-,28+,30+,33+,38-,39-,47+/m0/s1. The van der Waals surface area contributed by atoms with Gasteiger partial charge in [0, 0.05) is 24.6 Å². The van der Waals surface area contributed by atoms with E-state index in [9.17, 15) is 31.6 Å². The van der Waals surface area contributed by atoms with Gasteiger partial charge in [-0.1, -0.05) is 26.0 Å². The van der Waals surface area contributed by atoms with Crippen molar-refractivity contribution in [2.45, 2.75) is 140 Å². The number of allylic oxidation sites excluding steroid dienone is 1. The summed E-state index contributed by atoms with van der Waals surface area (Å²) in [6.07, 6.45) is 5.73. The van der Waals surface area contributed by atoms with Crippen LogP contribution in [0, 0.1) is 17.8 Å². The second kappa shape index (κ2) is 19.2. The summed E-state index contributed by atoms with van der Waals surface area (Å²) in [6.45, 7) is 10.2. The average molecular weight is 954 g/mol. The van der Waals surface area contributed by atoms with Gasteiger partial charge in [-0.3, -0.25) is 29.5 Å². The van der Waals surface area contributed by atoms with Crippen LogP contribution in [-0.2, 0) is 29.1 Å². The summed E-state index contributed by atoms with van der Waals surface area (Å²) in [5, 5.41) is 3.46. The quantitative estimate of drug-likeness (QED) is 0.115. The molecule has 2 saturated carbocycles. The highest BCUT2D eigenvalue weighted by molar-refractivity contribution is 7.91. The summed E-state index contributed by atoms with van der Waals surface area (Å²) in [4.78, 5) is 67.6. The lowest BCUT2D eigenvalue weighted by atomic mass is 9.88. The van der Waals surface area contributed by atoms with Crippen LogP contribution in [0.4, 0.5) is 13.6 Å². The largest absolute Gasteiger partial charge is 0.497 e. The number of carbonyl (C=O) groups excluding carboxylic acids is 4. The van der Waals surface area contributed by atoms with Gasteiger partial charge < -0.3 is 29.2 Å². The fraction of sp³-hybridized carbons (Fsp3) is 0.574. The van der Waals surface area contributed by atoms with Gasteiger partial charge >= 0.3 is 6.09 Å². The Hall–Kier alpha value is -5.63. The van der Waals surface area contributed by atoms with E-state index < -0.39 is 86.2 Å². The van der Waals surface area contributed by atoms with Gasteiger partial charge in [-0.05, 0) is 120 Å². The number of rotatable bonds is 13. The molecule has 4 amide bonds. The summed E-state index contributed by atoms with van der Waals surface area (Å²) in [5.41, 5.74) is 2.17. The Bertz CT molecular complexity index is 2500. The van der Waals surface area contributed by atoms with Crippen molar-refractivity contribution in [3.63, 3.8) is 0 Å². The number of fused-ring (bicyclic) bond motifs is 3. The van der Waals surface area contributed by atoms with Crippen molar-refractivity contribution in [3.05, 3.63) is 54.7 Å². The maximum Gasteiger partial charge on any atom is 0.422 e. The zero-order valence-electron chi connectivity index (χ0n) is 39.1. The smallest absolute Gasteiger partial charge is 0.422 e. The highest BCUT2D eigenvalue weighted by Crippen LogP contribution is 2.46. The van der Waals surface area contributed by atoms with E-state index >= 15 is 4.79 Å². The predicted molar refractivity (Wildman–Crippen MR) is 243 cm³/mol. The number of nitrogens with one attached hydrogen (secondary N) is 4. The van der Waals surface area contributed by atoms with E-state index in [4.69, 9.17) is 23.9 Å². The summed E-state index contributed by atoms with van der Waals surface area (Å²) in [6, 6.07) is 8.22. The van der Waals surface area contributed by atoms with E-state index in [2.05, 4.69) is 25.9 Å². The number of alkyl halides is 2. The maximum atomic E-state index is 15.1. The number of hydrogen-bond acceptors (Lipinski definition) is 13. The number of benzene rings is 1. The normalized spacial score (nSPS) is 26.6. The number of hydrogen-bond donors (Lipinski definition) is 4. The number of aromatic nitrogens is 2. The van der Waals surface area contributed by atoms with Gasteiger partial charge in [0.1, 0.15) is 35.2 Å². The first-order chi connectivity index (χ1) is 31.5. The molecule has 0 bridgehead atoms. The zero-order chi connectivity index (χ0) is 48.6. The van der Waals surface area contributed by atoms with Crippen LogP contribution in [0.3, 0.4) is 0 Å². The first-order valence-electron chi connectivity index (χ1n) is 22.8. The van der Waals surface area contributed by atoms with Crippen LogP contribution in [0.15, 0.2) is 54.7 Å². The third-order valence-electron chi connectivity index (χ3n) is 13.0. The lowest BCUT2D eigenvalue weighted by molar-refractivity contribution is -0.151. The fourth-order valence-electron chi connectivity index (χ4n) is 8.57. The minimum atomic E-state index is -3.99. The molecule has 3 fully saturated rings. The Labute approximate surface area is 389 Å². The second-order valence-electron chi connectivity index (χ2n) is 19.2. The van der Waals surface area contributed by atoms with Gasteiger partial charge in [0.15, 0.2) is 5.60 Å². The van der Waals surface area contributed by atoms with Crippen molar-refractivity contribution in [3.8, 4) is 28.8 Å². The molecule has 1 saturated heterocycles. The zero-order valence-corrected chi connectivity index (χ0v) is 39.9. The summed E-state index contributed by atoms with van der Waals surface area (Å²) < 4.78 is 80.0. The topological polar surface area (TPSA) is 216 Å². The first-order valence-corrected chi connectivity index (χ1v) is 24.3. The van der Waals surface area contributed by atoms with E-state index in [1.165, 1.54) is 4.90 Å². The monoisotopic (exact) mass is 953 g/mol. The van der Waals surface area contributed by atoms with Gasteiger partial charge in [-0.2, -0.15) is 0 Å². The van der Waals surface area contributed by atoms with E-state index in [0.29, 0.717) is 72.7 Å². The van der Waals surface area contributed by atoms with Gasteiger partial charge in [0.05, 0.1) is 42.6 Å². The van der Waals surface area contributed by atoms with Gasteiger partial charge in [-0.15, -0.1) is 0 Å². The van der Waals surface area contributed by atoms with Crippen LogP contribution in [0.1, 0.15) is 93.4 Å². The lowest BCUT2D eigenvalue weighted by Gasteiger charge is -2.34. The minimum Gasteiger partial charge on any atom is -0.497 e. The Morgan fingerprint density at radius 3 is 2.39 bits per heavy atom. The molecule has 4 N–H and O–H groups in total. The molecule has 67 heavy (non-hydrogen) atoms. The minimum absolute atomic E-state index is 0.0337. The Morgan fingerprint density at radius 1 is 1.00 bits per heavy atom. The second-order valence-corrected chi connectivity index (χ2v) is 21.2. The summed E-state index contributed by atoms with van der Waals surface area (Å²) in [7, 11) is -2.44. The lowest BCUT2D eigenvalue weighted by Crippen LogP contribution is -2.60. The molecule has 7 rings (SSSR count). The van der Waals surface area contributed by atoms with Gasteiger partial charge in [0.2, 0.25) is 27.7 Å². The van der Waals surface area contributed by atoms with E-state index in [-0.39, 0.29) is 37.3 Å². The third kappa shape index (κ3) is 11.2. The molecule has 17 nitrogen and oxygen atoms in total. The van der Waals surface area contributed by atoms with Crippen LogP contribution >= 0.6 is 0 Å². The number of methoxy groups -OCH3 is 1. The number of ether oxygens (including phenoxy) is 4. The molecule has 1 aromatic carbocycles. The molecule has 0 spiro atoms. The summed E-state index contributed by atoms with van der Waals surface area (Å²) in [5.74, 6) is -5.31. The number of hydrazine groups is 1. The van der Waals surface area contributed by atoms with Crippen molar-refractivity contribution < 1.29 is 55.3 Å². The van der Waals surface area contributed by atoms with Crippen molar-refractivity contribution in [2.75, 3.05) is 13.7 Å². The van der Waals surface area contributed by atoms with Gasteiger partial charge in [-0.25, -0.2) is 32.4 Å². The predicted octanol–water partition coefficient (Wildman–Crippen LogP) is 5.97. The Kier molecular flexibility index (Phi) is 14.1. The molecule has 3 aromatic rings. The number of pyridine rings is 2. The number of amides is 4. The number of carbonyl (C=O) groups is 4. The third-order valence-corrected chi connectivity index (χ3v) is 14.8. The van der Waals surface area contributed by atoms with E-state index in [1.54, 1.807) is 44.5 Å². The molecule has 20 heteroatoms. The highest BCUT2D eigenvalue weighted by Gasteiger charge is 2.62. The fourth-order valence-corrected chi connectivity index (χ4v) is 9.93. The molecular weight excluding hydrogens is 893 g/mol. The molecule has 0 unspecified atom stereocenters.